The highest BCUT2D eigenvalue weighted by molar-refractivity contribution is 6.24. The second kappa shape index (κ2) is 14.7. The van der Waals surface area contributed by atoms with E-state index >= 15 is 0 Å². The van der Waals surface area contributed by atoms with Gasteiger partial charge in [0.2, 0.25) is 0 Å². The van der Waals surface area contributed by atoms with Gasteiger partial charge >= 0.3 is 11.7 Å². The zero-order chi connectivity index (χ0) is 36.8. The van der Waals surface area contributed by atoms with Gasteiger partial charge in [-0.1, -0.05) is 45.0 Å². The lowest BCUT2D eigenvalue weighted by Gasteiger charge is -2.39. The summed E-state index contributed by atoms with van der Waals surface area (Å²) in [5.41, 5.74) is 1.51. The van der Waals surface area contributed by atoms with Crippen molar-refractivity contribution >= 4 is 44.4 Å². The number of carbonyl (C=O) groups is 1. The van der Waals surface area contributed by atoms with Crippen molar-refractivity contribution in [3.05, 3.63) is 70.9 Å². The summed E-state index contributed by atoms with van der Waals surface area (Å²) in [5.74, 6) is 2.06. The fourth-order valence-electron chi connectivity index (χ4n) is 9.28. The average Bonchev–Trinajstić information content (AvgIpc) is 3.18. The Bertz CT molecular complexity index is 2140. The average molecular weight is 721 g/mol. The number of hydrogen-bond donors (Lipinski definition) is 0. The van der Waals surface area contributed by atoms with E-state index in [1.807, 2.05) is 31.2 Å². The molecule has 5 heterocycles. The minimum atomic E-state index is -0.601. The van der Waals surface area contributed by atoms with E-state index in [4.69, 9.17) is 18.6 Å². The fraction of sp³-hybridized carbons (Fsp3) is 0.488. The number of nitrogens with zero attached hydrogens (tertiary/aromatic N) is 4. The molecular weight excluding hydrogens is 668 g/mol. The van der Waals surface area contributed by atoms with Gasteiger partial charge in [0.25, 0.3) is 0 Å². The monoisotopic (exact) mass is 720 g/mol. The van der Waals surface area contributed by atoms with Gasteiger partial charge in [-0.3, -0.25) is 0 Å². The maximum atomic E-state index is 14.0. The number of rotatable bonds is 9. The van der Waals surface area contributed by atoms with Crippen LogP contribution in [0.25, 0.3) is 38.3 Å². The summed E-state index contributed by atoms with van der Waals surface area (Å²) in [7, 11) is 0. The zero-order valence-electron chi connectivity index (χ0n) is 31.5. The molecule has 53 heavy (non-hydrogen) atoms. The molecule has 10 nitrogen and oxygen atoms in total. The fourth-order valence-corrected chi connectivity index (χ4v) is 9.28. The predicted molar refractivity (Wildman–Crippen MR) is 210 cm³/mol. The van der Waals surface area contributed by atoms with Gasteiger partial charge in [0.15, 0.2) is 11.6 Å². The van der Waals surface area contributed by atoms with E-state index in [-0.39, 0.29) is 11.1 Å². The van der Waals surface area contributed by atoms with Crippen LogP contribution >= 0.6 is 0 Å². The molecule has 1 aromatic heterocycles. The van der Waals surface area contributed by atoms with Crippen LogP contribution in [0.5, 0.6) is 17.2 Å². The van der Waals surface area contributed by atoms with Crippen molar-refractivity contribution in [2.45, 2.75) is 84.2 Å². The van der Waals surface area contributed by atoms with Crippen molar-refractivity contribution in [1.82, 2.24) is 19.6 Å². The molecule has 10 heteroatoms. The Kier molecular flexibility index (Phi) is 9.85. The Morgan fingerprint density at radius 2 is 1.62 bits per heavy atom. The highest BCUT2D eigenvalue weighted by atomic mass is 16.6. The molecule has 0 spiro atoms. The van der Waals surface area contributed by atoms with Crippen LogP contribution in [0.15, 0.2) is 58.6 Å². The van der Waals surface area contributed by atoms with Crippen LogP contribution in [0, 0.1) is 6.92 Å². The summed E-state index contributed by atoms with van der Waals surface area (Å²) in [6.07, 6.45) is 8.29. The maximum Gasteiger partial charge on any atom is 0.415 e. The normalized spacial score (nSPS) is 18.8. The summed E-state index contributed by atoms with van der Waals surface area (Å²) in [4.78, 5) is 37.1. The number of carbonyl (C=O) groups excluding carboxylic acids is 1. The zero-order valence-corrected chi connectivity index (χ0v) is 31.5. The predicted octanol–water partition coefficient (Wildman–Crippen LogP) is 8.27. The molecular formula is C43H52N4O6. The first-order chi connectivity index (χ1) is 25.8. The second-order valence-electron chi connectivity index (χ2n) is 15.2. The molecule has 1 amide bonds. The lowest BCUT2D eigenvalue weighted by Crippen LogP contribution is -2.48. The summed E-state index contributed by atoms with van der Waals surface area (Å²) in [6.45, 7) is 22.4. The molecule has 4 aliphatic rings. The van der Waals surface area contributed by atoms with Gasteiger partial charge in [-0.25, -0.2) is 9.59 Å². The van der Waals surface area contributed by atoms with Gasteiger partial charge in [0.05, 0.1) is 5.39 Å². The van der Waals surface area contributed by atoms with E-state index in [0.717, 1.165) is 82.5 Å². The van der Waals surface area contributed by atoms with Crippen molar-refractivity contribution in [3.8, 4) is 17.2 Å². The number of hydrogen-bond acceptors (Lipinski definition) is 9. The molecule has 280 valence electrons. The smallest absolute Gasteiger partial charge is 0.415 e. The Morgan fingerprint density at radius 1 is 0.887 bits per heavy atom. The third-order valence-electron chi connectivity index (χ3n) is 12.0. The number of ether oxygens (including phenoxy) is 3. The van der Waals surface area contributed by atoms with E-state index in [1.165, 1.54) is 19.3 Å². The highest BCUT2D eigenvalue weighted by Gasteiger charge is 2.34. The van der Waals surface area contributed by atoms with Gasteiger partial charge in [-0.15, -0.1) is 0 Å². The Labute approximate surface area is 311 Å². The lowest BCUT2D eigenvalue weighted by molar-refractivity contribution is 0.0881. The van der Waals surface area contributed by atoms with Gasteiger partial charge < -0.3 is 38.2 Å². The molecule has 0 atom stereocenters. The highest BCUT2D eigenvalue weighted by Crippen LogP contribution is 2.52. The third-order valence-corrected chi connectivity index (χ3v) is 12.0. The molecule has 0 unspecified atom stereocenters. The van der Waals surface area contributed by atoms with Crippen molar-refractivity contribution in [1.29, 1.82) is 0 Å². The molecule has 0 bridgehead atoms. The van der Waals surface area contributed by atoms with Crippen molar-refractivity contribution < 1.29 is 23.4 Å². The van der Waals surface area contributed by atoms with Crippen LogP contribution in [0.1, 0.15) is 76.3 Å². The molecule has 0 aliphatic carbocycles. The minimum Gasteiger partial charge on any atom is -0.456 e. The van der Waals surface area contributed by atoms with Crippen LogP contribution in [-0.2, 0) is 0 Å². The molecule has 0 saturated carbocycles. The summed E-state index contributed by atoms with van der Waals surface area (Å²) < 4.78 is 25.5. The minimum absolute atomic E-state index is 0.147. The van der Waals surface area contributed by atoms with Gasteiger partial charge in [-0.2, -0.15) is 0 Å². The van der Waals surface area contributed by atoms with Crippen LogP contribution in [0.4, 0.5) is 4.79 Å². The summed E-state index contributed by atoms with van der Waals surface area (Å²) in [6, 6.07) is 10.3. The van der Waals surface area contributed by atoms with Crippen LogP contribution in [-0.4, -0.2) is 90.1 Å². The Morgan fingerprint density at radius 3 is 2.34 bits per heavy atom. The van der Waals surface area contributed by atoms with E-state index in [0.29, 0.717) is 75.4 Å². The molecule has 3 saturated heterocycles. The van der Waals surface area contributed by atoms with E-state index in [9.17, 15) is 9.59 Å². The number of aryl methyl sites for hydroxylation is 1. The number of benzene rings is 3. The van der Waals surface area contributed by atoms with Crippen molar-refractivity contribution in [2.75, 3.05) is 52.4 Å². The first-order valence-corrected chi connectivity index (χ1v) is 19.7. The molecule has 4 aliphatic heterocycles. The second-order valence-corrected chi connectivity index (χ2v) is 15.2. The lowest BCUT2D eigenvalue weighted by atomic mass is 9.92. The number of amides is 1. The summed E-state index contributed by atoms with van der Waals surface area (Å²) >= 11 is 0. The van der Waals surface area contributed by atoms with E-state index < -0.39 is 11.7 Å². The quantitative estimate of drug-likeness (QED) is 0.0734. The Hall–Kier alpha value is -4.54. The third kappa shape index (κ3) is 6.43. The molecule has 0 N–H and O–H groups in total. The maximum absolute atomic E-state index is 14.0. The molecule has 3 fully saturated rings. The van der Waals surface area contributed by atoms with Gasteiger partial charge in [0, 0.05) is 60.0 Å². The first-order valence-electron chi connectivity index (χ1n) is 19.7. The largest absolute Gasteiger partial charge is 0.456 e. The standard InChI is InChI=1S/C43H52N4O6/c1-6-20-44(7-2)30-16-23-45(24-17-30)29(5)51-33-13-11-12-32-36(33)41-38-37-34(15-14-27(3)35(37)28(4)50-41)52-42(48)39(38)40(32)53-43(49)47-25-18-31(19-26-47)46-21-9-8-10-22-46/h11-15,30-31H,4-10,16-26H2,1-3H3. The van der Waals surface area contributed by atoms with Crippen LogP contribution < -0.4 is 19.8 Å². The topological polar surface area (TPSA) is 87.9 Å². The number of likely N-dealkylation sites (tertiary alicyclic amines) is 3. The first kappa shape index (κ1) is 35.5. The molecule has 0 radical (unpaired) electrons. The molecule has 4 aromatic rings. The molecule has 8 rings (SSSR count). The van der Waals surface area contributed by atoms with Gasteiger partial charge in [0.1, 0.15) is 28.2 Å². The van der Waals surface area contributed by atoms with Gasteiger partial charge in [-0.05, 0) is 102 Å². The van der Waals surface area contributed by atoms with E-state index in [2.05, 4.69) is 41.7 Å². The summed E-state index contributed by atoms with van der Waals surface area (Å²) in [5, 5.41) is 2.50. The number of piperidine rings is 3. The van der Waals surface area contributed by atoms with E-state index in [1.54, 1.807) is 11.0 Å². The number of fused-ring (bicyclic) bond motifs is 2. The van der Waals surface area contributed by atoms with Crippen molar-refractivity contribution in [3.63, 3.8) is 0 Å². The van der Waals surface area contributed by atoms with Crippen molar-refractivity contribution in [2.24, 2.45) is 0 Å². The van der Waals surface area contributed by atoms with Crippen LogP contribution in [0.2, 0.25) is 0 Å². The molecule has 3 aromatic carbocycles. The Balaban J connectivity index is 1.18. The van der Waals surface area contributed by atoms with Crippen LogP contribution in [0.3, 0.4) is 0 Å². The SMILES string of the molecule is C=C1Oc2c3c(OC(=C)N4CCC(N(CC)CCC)CC4)cccc3c(OC(=O)N3CCC(N4CCCCC4)CC3)c3c(=O)oc4ccc(C)c1c4c23.